The molecule has 2 fully saturated rings. The molecule has 0 spiro atoms. The van der Waals surface area contributed by atoms with Crippen molar-refractivity contribution in [3.8, 4) is 0 Å². The van der Waals surface area contributed by atoms with Crippen LogP contribution in [0.1, 0.15) is 34.1 Å². The first-order chi connectivity index (χ1) is 10.1. The molecule has 0 saturated carbocycles. The van der Waals surface area contributed by atoms with E-state index in [9.17, 15) is 19.5 Å². The molecule has 8 heteroatoms. The summed E-state index contributed by atoms with van der Waals surface area (Å²) in [5.41, 5.74) is -2.89. The predicted molar refractivity (Wildman–Crippen MR) is 72.6 cm³/mol. The van der Waals surface area contributed by atoms with Crippen molar-refractivity contribution in [1.82, 2.24) is 5.32 Å². The molecular formula is C14H21NO7. The van der Waals surface area contributed by atoms with Crippen molar-refractivity contribution in [2.24, 2.45) is 0 Å². The fraction of sp³-hybridized carbons (Fsp3) is 0.786. The third kappa shape index (κ3) is 2.68. The lowest BCUT2D eigenvalue weighted by molar-refractivity contribution is -0.205. The van der Waals surface area contributed by atoms with E-state index in [1.54, 1.807) is 27.7 Å². The van der Waals surface area contributed by atoms with Gasteiger partial charge in [0.05, 0.1) is 13.0 Å². The molecule has 2 heterocycles. The number of nitrogens with one attached hydrogen (secondary N) is 1. The topological polar surface area (TPSA) is 111 Å². The molecule has 2 saturated heterocycles. The first-order valence-corrected chi connectivity index (χ1v) is 7.18. The number of rotatable bonds is 3. The number of carbonyl (C=O) groups is 3. The summed E-state index contributed by atoms with van der Waals surface area (Å²) in [6.45, 7) is 6.62. The van der Waals surface area contributed by atoms with Crippen LogP contribution in [0.3, 0.4) is 0 Å². The van der Waals surface area contributed by atoms with Gasteiger partial charge in [0.15, 0.2) is 6.04 Å². The van der Waals surface area contributed by atoms with Crippen molar-refractivity contribution in [2.45, 2.75) is 63.5 Å². The lowest BCUT2D eigenvalue weighted by Crippen LogP contribution is -2.63. The Kier molecular flexibility index (Phi) is 4.18. The average molecular weight is 315 g/mol. The molecule has 4 atom stereocenters. The third-order valence-electron chi connectivity index (χ3n) is 3.54. The lowest BCUT2D eigenvalue weighted by Gasteiger charge is -2.36. The van der Waals surface area contributed by atoms with E-state index < -0.39 is 47.3 Å². The number of ether oxygens (including phenoxy) is 3. The van der Waals surface area contributed by atoms with Crippen LogP contribution in [0.2, 0.25) is 0 Å². The molecule has 0 aromatic carbocycles. The van der Waals surface area contributed by atoms with Gasteiger partial charge in [0.2, 0.25) is 0 Å². The van der Waals surface area contributed by atoms with Crippen molar-refractivity contribution in [2.75, 3.05) is 6.61 Å². The number of fused-ring (bicyclic) bond motifs is 2. The van der Waals surface area contributed by atoms with Gasteiger partial charge >= 0.3 is 17.9 Å². The Morgan fingerprint density at radius 3 is 2.64 bits per heavy atom. The minimum absolute atomic E-state index is 0.0244. The van der Waals surface area contributed by atoms with E-state index in [4.69, 9.17) is 14.2 Å². The van der Waals surface area contributed by atoms with Crippen molar-refractivity contribution in [1.29, 1.82) is 0 Å². The number of hydrogen-bond donors (Lipinski definition) is 2. The predicted octanol–water partition coefficient (Wildman–Crippen LogP) is -0.722. The average Bonchev–Trinajstić information content (AvgIpc) is 2.54. The Hall–Kier alpha value is -1.67. The zero-order valence-electron chi connectivity index (χ0n) is 13.0. The Balaban J connectivity index is 2.38. The van der Waals surface area contributed by atoms with Crippen LogP contribution >= 0.6 is 0 Å². The molecule has 124 valence electrons. The van der Waals surface area contributed by atoms with Gasteiger partial charge in [-0.2, -0.15) is 0 Å². The zero-order valence-corrected chi connectivity index (χ0v) is 13.0. The fourth-order valence-corrected chi connectivity index (χ4v) is 2.73. The zero-order chi connectivity index (χ0) is 16.7. The maximum absolute atomic E-state index is 12.4. The fourth-order valence-electron chi connectivity index (χ4n) is 2.73. The highest BCUT2D eigenvalue weighted by atomic mass is 16.6. The highest BCUT2D eigenvalue weighted by molar-refractivity contribution is 5.95. The van der Waals surface area contributed by atoms with Crippen LogP contribution in [0.5, 0.6) is 0 Å². The summed E-state index contributed by atoms with van der Waals surface area (Å²) in [6, 6.07) is -2.07. The Labute approximate surface area is 128 Å². The van der Waals surface area contributed by atoms with E-state index in [1.165, 1.54) is 0 Å². The number of aliphatic hydroxyl groups excluding tert-OH is 1. The molecule has 0 aromatic heterocycles. The highest BCUT2D eigenvalue weighted by Crippen LogP contribution is 2.38. The number of aliphatic hydroxyl groups is 1. The van der Waals surface area contributed by atoms with E-state index in [0.717, 1.165) is 0 Å². The first kappa shape index (κ1) is 16.7. The second-order valence-electron chi connectivity index (χ2n) is 6.38. The van der Waals surface area contributed by atoms with Gasteiger partial charge in [0, 0.05) is 6.04 Å². The lowest BCUT2D eigenvalue weighted by atomic mass is 9.87. The maximum Gasteiger partial charge on any atom is 0.355 e. The Morgan fingerprint density at radius 2 is 2.09 bits per heavy atom. The molecule has 0 aliphatic carbocycles. The van der Waals surface area contributed by atoms with Crippen LogP contribution < -0.4 is 5.32 Å². The van der Waals surface area contributed by atoms with Gasteiger partial charge in [-0.05, 0) is 27.7 Å². The summed E-state index contributed by atoms with van der Waals surface area (Å²) in [4.78, 5) is 36.4. The van der Waals surface area contributed by atoms with Gasteiger partial charge in [-0.3, -0.25) is 14.9 Å². The van der Waals surface area contributed by atoms with Gasteiger partial charge in [0.1, 0.15) is 11.7 Å². The van der Waals surface area contributed by atoms with E-state index >= 15 is 0 Å². The second-order valence-corrected chi connectivity index (χ2v) is 6.38. The van der Waals surface area contributed by atoms with Crippen LogP contribution in [0.15, 0.2) is 0 Å². The van der Waals surface area contributed by atoms with Gasteiger partial charge in [-0.15, -0.1) is 0 Å². The molecule has 0 amide bonds. The van der Waals surface area contributed by atoms with E-state index in [-0.39, 0.29) is 13.0 Å². The molecule has 8 nitrogen and oxygen atoms in total. The molecule has 2 N–H and O–H groups in total. The van der Waals surface area contributed by atoms with Gasteiger partial charge in [-0.25, -0.2) is 4.79 Å². The first-order valence-electron chi connectivity index (χ1n) is 7.18. The molecule has 2 aliphatic rings. The maximum atomic E-state index is 12.4. The van der Waals surface area contributed by atoms with Gasteiger partial charge in [0.25, 0.3) is 5.60 Å². The van der Waals surface area contributed by atoms with Crippen molar-refractivity contribution in [3.63, 3.8) is 0 Å². The van der Waals surface area contributed by atoms with E-state index in [0.29, 0.717) is 0 Å². The summed E-state index contributed by atoms with van der Waals surface area (Å²) in [7, 11) is 0. The largest absolute Gasteiger partial charge is 0.463 e. The number of esters is 3. The smallest absolute Gasteiger partial charge is 0.355 e. The number of hydrogen-bond acceptors (Lipinski definition) is 8. The monoisotopic (exact) mass is 315 g/mol. The SMILES string of the molecule is CCOC(=O)[C@@]12OC(=O)C[C@@H](N[C@@H]1C(=O)OC(C)(C)C)[C@@H]2O. The Morgan fingerprint density at radius 1 is 1.45 bits per heavy atom. The van der Waals surface area contributed by atoms with E-state index in [2.05, 4.69) is 5.32 Å². The normalized spacial score (nSPS) is 34.0. The Bertz CT molecular complexity index is 498. The molecular weight excluding hydrogens is 294 g/mol. The summed E-state index contributed by atoms with van der Waals surface area (Å²) in [5.74, 6) is -2.42. The van der Waals surface area contributed by atoms with Gasteiger partial charge in [-0.1, -0.05) is 0 Å². The summed E-state index contributed by atoms with van der Waals surface area (Å²) < 4.78 is 15.3. The summed E-state index contributed by atoms with van der Waals surface area (Å²) >= 11 is 0. The number of carbonyl (C=O) groups excluding carboxylic acids is 3. The second kappa shape index (κ2) is 5.51. The molecule has 0 unspecified atom stereocenters. The summed E-state index contributed by atoms with van der Waals surface area (Å²) in [5, 5.41) is 13.1. The van der Waals surface area contributed by atoms with Crippen LogP contribution in [0.4, 0.5) is 0 Å². The molecule has 22 heavy (non-hydrogen) atoms. The minimum Gasteiger partial charge on any atom is -0.463 e. The highest BCUT2D eigenvalue weighted by Gasteiger charge is 2.69. The third-order valence-corrected chi connectivity index (χ3v) is 3.54. The van der Waals surface area contributed by atoms with Crippen LogP contribution in [0, 0.1) is 0 Å². The molecule has 2 bridgehead atoms. The standard InChI is InChI=1S/C14H21NO7/c1-5-20-12(19)14-9(11(18)22-13(2,3)4)15-7(10(14)17)6-8(16)21-14/h7,9-10,15,17H,5-6H2,1-4H3/t7-,9-,10+,14-/m1/s1. The van der Waals surface area contributed by atoms with E-state index in [1.807, 2.05) is 0 Å². The molecule has 2 rings (SSSR count). The molecule has 0 aromatic rings. The quantitative estimate of drug-likeness (QED) is 0.518. The van der Waals surface area contributed by atoms with Crippen molar-refractivity contribution in [3.05, 3.63) is 0 Å². The van der Waals surface area contributed by atoms with Crippen molar-refractivity contribution >= 4 is 17.9 Å². The summed E-state index contributed by atoms with van der Waals surface area (Å²) in [6.07, 6.45) is -1.51. The van der Waals surface area contributed by atoms with Crippen molar-refractivity contribution < 1.29 is 33.7 Å². The van der Waals surface area contributed by atoms with Gasteiger partial charge < -0.3 is 19.3 Å². The minimum atomic E-state index is -2.10. The molecule has 0 radical (unpaired) electrons. The van der Waals surface area contributed by atoms with Crippen LogP contribution in [-0.2, 0) is 28.6 Å². The van der Waals surface area contributed by atoms with Crippen LogP contribution in [-0.4, -0.2) is 59.0 Å². The molecule has 2 aliphatic heterocycles. The van der Waals surface area contributed by atoms with Crippen LogP contribution in [0.25, 0.3) is 0 Å².